The summed E-state index contributed by atoms with van der Waals surface area (Å²) in [6.07, 6.45) is 3.22. The molecule has 6 heteroatoms. The Balaban J connectivity index is 1.91. The Bertz CT molecular complexity index is 644. The van der Waals surface area contributed by atoms with Gasteiger partial charge in [-0.1, -0.05) is 40.9 Å². The van der Waals surface area contributed by atoms with Crippen LogP contribution in [0.2, 0.25) is 0 Å². The summed E-state index contributed by atoms with van der Waals surface area (Å²) in [6.45, 7) is -0.186. The van der Waals surface area contributed by atoms with Gasteiger partial charge in [0.2, 0.25) is 11.6 Å². The molecule has 1 N–H and O–H groups in total. The zero-order valence-electron chi connectivity index (χ0n) is 12.7. The third-order valence-electron chi connectivity index (χ3n) is 5.13. The van der Waals surface area contributed by atoms with Crippen LogP contribution in [0.5, 0.6) is 0 Å². The zero-order chi connectivity index (χ0) is 16.7. The Morgan fingerprint density at radius 2 is 1.91 bits per heavy atom. The highest BCUT2D eigenvalue weighted by Gasteiger charge is 2.52. The highest BCUT2D eigenvalue weighted by atomic mass is 79.9. The lowest BCUT2D eigenvalue weighted by Crippen LogP contribution is -2.46. The first kappa shape index (κ1) is 16.4. The van der Waals surface area contributed by atoms with E-state index in [0.717, 1.165) is 35.7 Å². The first-order valence-corrected chi connectivity index (χ1v) is 8.64. The Morgan fingerprint density at radius 1 is 1.22 bits per heavy atom. The maximum Gasteiger partial charge on any atom is 0.343 e. The number of likely N-dealkylation sites (tertiary alicyclic amines) is 1. The Morgan fingerprint density at radius 3 is 2.48 bits per heavy atom. The SMILES string of the molecule is O=C(O)C1(F)CCN(C(=O)C2(c3cccc(Br)c3)CCCC2)C1. The number of rotatable bonds is 3. The number of carboxylic acid groups (broad SMARTS) is 1. The molecule has 1 amide bonds. The summed E-state index contributed by atoms with van der Waals surface area (Å²) in [7, 11) is 0. The molecule has 1 aliphatic carbocycles. The van der Waals surface area contributed by atoms with Crippen molar-refractivity contribution in [2.75, 3.05) is 13.1 Å². The van der Waals surface area contributed by atoms with E-state index in [1.165, 1.54) is 4.90 Å². The molecule has 1 aliphatic heterocycles. The molecule has 23 heavy (non-hydrogen) atoms. The number of alkyl halides is 1. The third-order valence-corrected chi connectivity index (χ3v) is 5.63. The van der Waals surface area contributed by atoms with Crippen LogP contribution in [0.3, 0.4) is 0 Å². The van der Waals surface area contributed by atoms with Crippen LogP contribution in [0.25, 0.3) is 0 Å². The Kier molecular flexibility index (Phi) is 4.21. The van der Waals surface area contributed by atoms with Gasteiger partial charge < -0.3 is 10.0 Å². The summed E-state index contributed by atoms with van der Waals surface area (Å²) in [5.41, 5.74) is -2.03. The zero-order valence-corrected chi connectivity index (χ0v) is 14.3. The summed E-state index contributed by atoms with van der Waals surface area (Å²) >= 11 is 3.44. The van der Waals surface area contributed by atoms with E-state index in [9.17, 15) is 14.0 Å². The normalized spacial score (nSPS) is 26.4. The fraction of sp³-hybridized carbons (Fsp3) is 0.529. The monoisotopic (exact) mass is 383 g/mol. The highest BCUT2D eigenvalue weighted by molar-refractivity contribution is 9.10. The molecule has 0 bridgehead atoms. The molecule has 0 aromatic heterocycles. The van der Waals surface area contributed by atoms with E-state index in [4.69, 9.17) is 5.11 Å². The molecular weight excluding hydrogens is 365 g/mol. The van der Waals surface area contributed by atoms with E-state index in [1.807, 2.05) is 24.3 Å². The van der Waals surface area contributed by atoms with E-state index < -0.39 is 17.1 Å². The average Bonchev–Trinajstić information content (AvgIpc) is 3.15. The van der Waals surface area contributed by atoms with E-state index in [-0.39, 0.29) is 25.4 Å². The molecule has 0 spiro atoms. The van der Waals surface area contributed by atoms with E-state index in [2.05, 4.69) is 15.9 Å². The number of halogens is 2. The predicted octanol–water partition coefficient (Wildman–Crippen LogP) is 3.29. The summed E-state index contributed by atoms with van der Waals surface area (Å²) in [6, 6.07) is 7.68. The Hall–Kier alpha value is -1.43. The van der Waals surface area contributed by atoms with Crippen LogP contribution >= 0.6 is 15.9 Å². The summed E-state index contributed by atoms with van der Waals surface area (Å²) < 4.78 is 15.2. The van der Waals surface area contributed by atoms with Gasteiger partial charge in [0.05, 0.1) is 12.0 Å². The minimum Gasteiger partial charge on any atom is -0.479 e. The number of nitrogens with zero attached hydrogens (tertiary/aromatic N) is 1. The largest absolute Gasteiger partial charge is 0.479 e. The van der Waals surface area contributed by atoms with Crippen molar-refractivity contribution in [1.29, 1.82) is 0 Å². The van der Waals surface area contributed by atoms with Gasteiger partial charge in [-0.05, 0) is 30.5 Å². The van der Waals surface area contributed by atoms with Gasteiger partial charge in [0.25, 0.3) is 0 Å². The van der Waals surface area contributed by atoms with Gasteiger partial charge in [0.15, 0.2) is 0 Å². The number of aliphatic carboxylic acids is 1. The molecule has 1 saturated heterocycles. The summed E-state index contributed by atoms with van der Waals surface area (Å²) in [4.78, 5) is 25.6. The van der Waals surface area contributed by atoms with Crippen LogP contribution in [0.1, 0.15) is 37.7 Å². The van der Waals surface area contributed by atoms with Crippen LogP contribution in [0, 0.1) is 0 Å². The maximum atomic E-state index is 14.3. The van der Waals surface area contributed by atoms with Gasteiger partial charge in [-0.15, -0.1) is 0 Å². The second-order valence-corrected chi connectivity index (χ2v) is 7.46. The molecule has 4 nitrogen and oxygen atoms in total. The molecule has 124 valence electrons. The van der Waals surface area contributed by atoms with Gasteiger partial charge in [0.1, 0.15) is 0 Å². The molecule has 0 radical (unpaired) electrons. The molecule has 2 fully saturated rings. The van der Waals surface area contributed by atoms with Crippen molar-refractivity contribution >= 4 is 27.8 Å². The fourth-order valence-electron chi connectivity index (χ4n) is 3.81. The van der Waals surface area contributed by atoms with E-state index in [0.29, 0.717) is 0 Å². The molecule has 1 heterocycles. The van der Waals surface area contributed by atoms with Crippen molar-refractivity contribution < 1.29 is 19.1 Å². The van der Waals surface area contributed by atoms with Crippen LogP contribution < -0.4 is 0 Å². The van der Waals surface area contributed by atoms with E-state index in [1.54, 1.807) is 0 Å². The van der Waals surface area contributed by atoms with Crippen molar-refractivity contribution in [3.63, 3.8) is 0 Å². The van der Waals surface area contributed by atoms with Crippen molar-refractivity contribution in [3.05, 3.63) is 34.3 Å². The van der Waals surface area contributed by atoms with Crippen LogP contribution in [-0.2, 0) is 15.0 Å². The second-order valence-electron chi connectivity index (χ2n) is 6.55. The average molecular weight is 384 g/mol. The van der Waals surface area contributed by atoms with Crippen LogP contribution in [0.4, 0.5) is 4.39 Å². The van der Waals surface area contributed by atoms with Crippen molar-refractivity contribution in [2.45, 2.75) is 43.2 Å². The first-order valence-electron chi connectivity index (χ1n) is 7.85. The molecule has 2 aliphatic rings. The lowest BCUT2D eigenvalue weighted by Gasteiger charge is -2.33. The number of carbonyl (C=O) groups excluding carboxylic acids is 1. The quantitative estimate of drug-likeness (QED) is 0.870. The fourth-order valence-corrected chi connectivity index (χ4v) is 4.21. The molecular formula is C17H19BrFNO3. The van der Waals surface area contributed by atoms with E-state index >= 15 is 0 Å². The molecule has 1 aromatic carbocycles. The predicted molar refractivity (Wildman–Crippen MR) is 87.0 cm³/mol. The smallest absolute Gasteiger partial charge is 0.343 e. The lowest BCUT2D eigenvalue weighted by molar-refractivity contribution is -0.150. The number of carbonyl (C=O) groups is 2. The van der Waals surface area contributed by atoms with Gasteiger partial charge in [-0.2, -0.15) is 0 Å². The van der Waals surface area contributed by atoms with Gasteiger partial charge >= 0.3 is 5.97 Å². The number of benzene rings is 1. The number of hydrogen-bond donors (Lipinski definition) is 1. The molecule has 3 rings (SSSR count). The topological polar surface area (TPSA) is 57.6 Å². The second kappa shape index (κ2) is 5.89. The first-order chi connectivity index (χ1) is 10.9. The standard InChI is InChI=1S/C17H19BrFNO3/c18-13-5-3-4-12(10-13)16(6-1-2-7-16)14(21)20-9-8-17(19,11-20)15(22)23/h3-5,10H,1-2,6-9,11H2,(H,22,23). The minimum atomic E-state index is -2.31. The van der Waals surface area contributed by atoms with Crippen molar-refractivity contribution in [1.82, 2.24) is 4.90 Å². The van der Waals surface area contributed by atoms with Crippen LogP contribution in [0.15, 0.2) is 28.7 Å². The van der Waals surface area contributed by atoms with Crippen molar-refractivity contribution in [2.24, 2.45) is 0 Å². The third kappa shape index (κ3) is 2.77. The molecule has 1 saturated carbocycles. The van der Waals surface area contributed by atoms with Gasteiger partial charge in [0, 0.05) is 17.4 Å². The molecule has 1 atom stereocenters. The lowest BCUT2D eigenvalue weighted by atomic mass is 9.77. The van der Waals surface area contributed by atoms with Crippen LogP contribution in [-0.4, -0.2) is 40.6 Å². The number of amides is 1. The van der Waals surface area contributed by atoms with Crippen molar-refractivity contribution in [3.8, 4) is 0 Å². The molecule has 1 aromatic rings. The maximum absolute atomic E-state index is 14.3. The Labute approximate surface area is 142 Å². The number of carboxylic acids is 1. The minimum absolute atomic E-state index is 0.131. The van der Waals surface area contributed by atoms with Gasteiger partial charge in [-0.25, -0.2) is 9.18 Å². The number of hydrogen-bond acceptors (Lipinski definition) is 2. The van der Waals surface area contributed by atoms with Gasteiger partial charge in [-0.3, -0.25) is 4.79 Å². The highest BCUT2D eigenvalue weighted by Crippen LogP contribution is 2.44. The molecule has 1 unspecified atom stereocenters. The summed E-state index contributed by atoms with van der Waals surface area (Å²) in [5.74, 6) is -1.61. The summed E-state index contributed by atoms with van der Waals surface area (Å²) in [5, 5.41) is 9.04.